The van der Waals surface area contributed by atoms with Crippen LogP contribution in [0.15, 0.2) is 65.6 Å². The van der Waals surface area contributed by atoms with E-state index in [-0.39, 0.29) is 4.90 Å². The van der Waals surface area contributed by atoms with E-state index in [1.54, 1.807) is 30.3 Å². The van der Waals surface area contributed by atoms with E-state index in [0.717, 1.165) is 29.6 Å². The van der Waals surface area contributed by atoms with Crippen LogP contribution in [0.2, 0.25) is 0 Å². The number of aryl methyl sites for hydroxylation is 1. The van der Waals surface area contributed by atoms with E-state index >= 15 is 0 Å². The average molecular weight is 401 g/mol. The Balaban J connectivity index is 0.000000640. The molecule has 3 aromatic carbocycles. The van der Waals surface area contributed by atoms with Crippen molar-refractivity contribution in [2.45, 2.75) is 25.2 Å². The van der Waals surface area contributed by atoms with Crippen molar-refractivity contribution >= 4 is 26.6 Å². The molecule has 150 valence electrons. The Hall–Kier alpha value is -2.57. The fourth-order valence-electron chi connectivity index (χ4n) is 2.64. The monoisotopic (exact) mass is 400 g/mol. The molecule has 28 heavy (non-hydrogen) atoms. The molecule has 0 saturated heterocycles. The third-order valence-corrected chi connectivity index (χ3v) is 5.43. The second-order valence-electron chi connectivity index (χ2n) is 6.66. The van der Waals surface area contributed by atoms with E-state index < -0.39 is 10.1 Å². The van der Waals surface area contributed by atoms with Gasteiger partial charge in [-0.3, -0.25) is 0 Å². The quantitative estimate of drug-likeness (QED) is 0.645. The fourth-order valence-corrected chi connectivity index (χ4v) is 3.78. The van der Waals surface area contributed by atoms with Gasteiger partial charge in [0, 0.05) is 30.6 Å². The Morgan fingerprint density at radius 3 is 2.07 bits per heavy atom. The number of rotatable bonds is 5. The lowest BCUT2D eigenvalue weighted by Crippen LogP contribution is -2.12. The van der Waals surface area contributed by atoms with Crippen molar-refractivity contribution in [2.24, 2.45) is 5.73 Å². The van der Waals surface area contributed by atoms with Crippen LogP contribution in [0.1, 0.15) is 18.9 Å². The summed E-state index contributed by atoms with van der Waals surface area (Å²) in [6.07, 6.45) is 1.10. The molecule has 5 nitrogen and oxygen atoms in total. The summed E-state index contributed by atoms with van der Waals surface area (Å²) in [5.41, 5.74) is 7.03. The number of anilines is 1. The molecule has 0 bridgehead atoms. The highest BCUT2D eigenvalue weighted by atomic mass is 32.2. The lowest BCUT2D eigenvalue weighted by molar-refractivity contribution is 0.487. The molecule has 0 aliphatic rings. The molecule has 0 aliphatic heterocycles. The molecule has 0 saturated carbocycles. The van der Waals surface area contributed by atoms with Crippen LogP contribution in [0.5, 0.6) is 5.75 Å². The molecule has 0 fully saturated rings. The maximum Gasteiger partial charge on any atom is 0.339 e. The molecular formula is C22H28N2O3S. The van der Waals surface area contributed by atoms with Gasteiger partial charge in [-0.25, -0.2) is 0 Å². The van der Waals surface area contributed by atoms with Gasteiger partial charge in [0.1, 0.15) is 10.6 Å². The standard InChI is InChI=1S/C19H19NO3S.C3H9N/c1-14-10-12-15(13-11-14)23-24(21,22)19-9-5-6-16-17(19)7-4-8-18(16)20(2)3;1-2-3-4/h4-13H,1-3H3;2-4H2,1H3. The Morgan fingerprint density at radius 2 is 1.50 bits per heavy atom. The number of benzene rings is 3. The van der Waals surface area contributed by atoms with Gasteiger partial charge in [-0.1, -0.05) is 48.9 Å². The number of fused-ring (bicyclic) bond motifs is 1. The van der Waals surface area contributed by atoms with Crippen molar-refractivity contribution in [1.29, 1.82) is 0 Å². The summed E-state index contributed by atoms with van der Waals surface area (Å²) in [4.78, 5) is 2.13. The van der Waals surface area contributed by atoms with Gasteiger partial charge in [0.15, 0.2) is 0 Å². The highest BCUT2D eigenvalue weighted by Crippen LogP contribution is 2.31. The van der Waals surface area contributed by atoms with E-state index in [0.29, 0.717) is 11.1 Å². The summed E-state index contributed by atoms with van der Waals surface area (Å²) in [6.45, 7) is 4.81. The van der Waals surface area contributed by atoms with Crippen molar-refractivity contribution in [3.05, 3.63) is 66.2 Å². The molecule has 0 spiro atoms. The van der Waals surface area contributed by atoms with Crippen LogP contribution in [-0.4, -0.2) is 29.1 Å². The topological polar surface area (TPSA) is 72.6 Å². The molecule has 0 amide bonds. The van der Waals surface area contributed by atoms with Crippen molar-refractivity contribution in [3.8, 4) is 5.75 Å². The number of hydrogen-bond acceptors (Lipinski definition) is 5. The SMILES string of the molecule is CCCN.Cc1ccc(OS(=O)(=O)c2cccc3c(N(C)C)cccc23)cc1. The highest BCUT2D eigenvalue weighted by Gasteiger charge is 2.20. The molecule has 3 rings (SSSR count). The third-order valence-electron chi connectivity index (χ3n) is 4.13. The summed E-state index contributed by atoms with van der Waals surface area (Å²) in [7, 11) is -0.0551. The van der Waals surface area contributed by atoms with E-state index in [1.165, 1.54) is 0 Å². The van der Waals surface area contributed by atoms with Crippen LogP contribution in [0, 0.1) is 6.92 Å². The zero-order valence-electron chi connectivity index (χ0n) is 16.8. The maximum absolute atomic E-state index is 12.7. The van der Waals surface area contributed by atoms with Gasteiger partial charge in [-0.2, -0.15) is 8.42 Å². The van der Waals surface area contributed by atoms with Gasteiger partial charge in [0.05, 0.1) is 0 Å². The predicted molar refractivity (Wildman–Crippen MR) is 117 cm³/mol. The first-order valence-electron chi connectivity index (χ1n) is 9.20. The van der Waals surface area contributed by atoms with Crippen LogP contribution in [-0.2, 0) is 10.1 Å². The summed E-state index contributed by atoms with van der Waals surface area (Å²) in [5.74, 6) is 0.307. The van der Waals surface area contributed by atoms with Crippen LogP contribution >= 0.6 is 0 Å². The lowest BCUT2D eigenvalue weighted by atomic mass is 10.1. The predicted octanol–water partition coefficient (Wildman–Crippen LogP) is 4.34. The van der Waals surface area contributed by atoms with Crippen LogP contribution in [0.4, 0.5) is 5.69 Å². The maximum atomic E-state index is 12.7. The molecule has 0 aliphatic carbocycles. The molecular weight excluding hydrogens is 372 g/mol. The molecule has 0 heterocycles. The number of nitrogens with zero attached hydrogens (tertiary/aromatic N) is 1. The molecule has 3 aromatic rings. The molecule has 0 atom stereocenters. The Bertz CT molecular complexity index is 1010. The van der Waals surface area contributed by atoms with Crippen LogP contribution in [0.25, 0.3) is 10.8 Å². The van der Waals surface area contributed by atoms with Crippen molar-refractivity contribution < 1.29 is 12.6 Å². The second-order valence-corrected chi connectivity index (χ2v) is 8.18. The minimum Gasteiger partial charge on any atom is -0.379 e. The zero-order chi connectivity index (χ0) is 20.7. The van der Waals surface area contributed by atoms with E-state index in [1.807, 2.05) is 56.3 Å². The van der Waals surface area contributed by atoms with Gasteiger partial charge in [-0.15, -0.1) is 0 Å². The first kappa shape index (κ1) is 21.7. The Kier molecular flexibility index (Phi) is 7.43. The normalized spacial score (nSPS) is 10.9. The van der Waals surface area contributed by atoms with E-state index in [2.05, 4.69) is 6.92 Å². The number of nitrogens with two attached hydrogens (primary N) is 1. The lowest BCUT2D eigenvalue weighted by Gasteiger charge is -2.17. The van der Waals surface area contributed by atoms with E-state index in [9.17, 15) is 8.42 Å². The van der Waals surface area contributed by atoms with Crippen molar-refractivity contribution in [1.82, 2.24) is 0 Å². The fraction of sp³-hybridized carbons (Fsp3) is 0.273. The van der Waals surface area contributed by atoms with Crippen molar-refractivity contribution in [3.63, 3.8) is 0 Å². The average Bonchev–Trinajstić information content (AvgIpc) is 2.68. The van der Waals surface area contributed by atoms with Gasteiger partial charge < -0.3 is 14.8 Å². The zero-order valence-corrected chi connectivity index (χ0v) is 17.7. The molecule has 0 aromatic heterocycles. The van der Waals surface area contributed by atoms with Gasteiger partial charge >= 0.3 is 10.1 Å². The third kappa shape index (κ3) is 5.24. The van der Waals surface area contributed by atoms with Gasteiger partial charge in [-0.05, 0) is 44.2 Å². The van der Waals surface area contributed by atoms with Gasteiger partial charge in [0.2, 0.25) is 0 Å². The summed E-state index contributed by atoms with van der Waals surface area (Å²) < 4.78 is 30.8. The number of hydrogen-bond donors (Lipinski definition) is 1. The van der Waals surface area contributed by atoms with Gasteiger partial charge in [0.25, 0.3) is 0 Å². The van der Waals surface area contributed by atoms with Crippen molar-refractivity contribution in [2.75, 3.05) is 25.5 Å². The largest absolute Gasteiger partial charge is 0.379 e. The van der Waals surface area contributed by atoms with Crippen LogP contribution in [0.3, 0.4) is 0 Å². The first-order valence-corrected chi connectivity index (χ1v) is 10.6. The molecule has 2 N–H and O–H groups in total. The van der Waals surface area contributed by atoms with E-state index in [4.69, 9.17) is 9.92 Å². The Morgan fingerprint density at radius 1 is 0.929 bits per heavy atom. The second kappa shape index (κ2) is 9.57. The molecule has 0 radical (unpaired) electrons. The van der Waals surface area contributed by atoms with Crippen LogP contribution < -0.4 is 14.8 Å². The minimum atomic E-state index is -3.91. The molecule has 6 heteroatoms. The smallest absolute Gasteiger partial charge is 0.339 e. The highest BCUT2D eigenvalue weighted by molar-refractivity contribution is 7.87. The molecule has 0 unspecified atom stereocenters. The minimum absolute atomic E-state index is 0.171. The first-order chi connectivity index (χ1) is 13.3. The Labute approximate surface area is 167 Å². The summed E-state index contributed by atoms with van der Waals surface area (Å²) in [5, 5.41) is 1.52. The summed E-state index contributed by atoms with van der Waals surface area (Å²) in [6, 6.07) is 17.8. The summed E-state index contributed by atoms with van der Waals surface area (Å²) >= 11 is 0.